The second-order valence-electron chi connectivity index (χ2n) is 0.921. The van der Waals surface area contributed by atoms with Crippen LogP contribution in [0, 0.1) is 0 Å². The average molecular weight is 209 g/mol. The fourth-order valence-electron chi connectivity index (χ4n) is 0. The molecule has 1 N–H and O–H groups in total. The van der Waals surface area contributed by atoms with Crippen molar-refractivity contribution < 1.29 is 42.9 Å². The van der Waals surface area contributed by atoms with Gasteiger partial charge >= 0.3 is 32.4 Å². The van der Waals surface area contributed by atoms with Gasteiger partial charge in [0.15, 0.2) is 0 Å². The molecule has 0 bridgehead atoms. The molecule has 3 nitrogen and oxygen atoms in total. The van der Waals surface area contributed by atoms with E-state index in [0.29, 0.717) is 0 Å². The first-order valence-corrected chi connectivity index (χ1v) is 2.73. The Bertz CT molecular complexity index is 168. The van der Waals surface area contributed by atoms with Crippen LogP contribution in [0.3, 0.4) is 0 Å². The molecule has 0 rings (SSSR count). The van der Waals surface area contributed by atoms with Gasteiger partial charge in [-0.25, -0.2) is 0 Å². The first-order chi connectivity index (χ1) is 3.25. The van der Waals surface area contributed by atoms with Crippen molar-refractivity contribution in [1.82, 2.24) is 0 Å². The molecule has 0 spiro atoms. The van der Waals surface area contributed by atoms with Crippen LogP contribution in [0.2, 0.25) is 0 Å². The Morgan fingerprint density at radius 3 is 1.33 bits per heavy atom. The predicted octanol–water partition coefficient (Wildman–Crippen LogP) is 0.392. The Labute approximate surface area is 59.2 Å². The van der Waals surface area contributed by atoms with E-state index in [1.165, 1.54) is 0 Å². The smallest absolute Gasteiger partial charge is 0.279 e. The second-order valence-corrected chi connectivity index (χ2v) is 2.33. The molecule has 0 aliphatic carbocycles. The van der Waals surface area contributed by atoms with Crippen molar-refractivity contribution in [3.05, 3.63) is 0 Å². The molecule has 0 saturated heterocycles. The third-order valence-corrected chi connectivity index (χ3v) is 0.877. The molecule has 0 saturated carbocycles. The molecule has 0 radical (unpaired) electrons. The van der Waals surface area contributed by atoms with Gasteiger partial charge in [-0.3, -0.25) is 4.55 Å². The molecule has 0 aromatic heterocycles. The summed E-state index contributed by atoms with van der Waals surface area (Å²) in [6.45, 7) is 0. The molecule has 0 aromatic carbocycles. The molecule has 0 atom stereocenters. The number of alkyl halides is 3. The van der Waals surface area contributed by atoms with Gasteiger partial charge in [-0.2, -0.15) is 21.6 Å². The van der Waals surface area contributed by atoms with Crippen molar-refractivity contribution >= 4 is 10.1 Å². The molecule has 0 unspecified atom stereocenters. The van der Waals surface area contributed by atoms with Crippen molar-refractivity contribution in [1.29, 1.82) is 0 Å². The number of hydrogen-bond donors (Lipinski definition) is 1. The SMILES string of the molecule is O=S(=O)(O)C(F)(F)F.[Co+3]. The maximum absolute atomic E-state index is 10.7. The summed E-state index contributed by atoms with van der Waals surface area (Å²) in [7, 11) is -5.84. The molecule has 0 aliphatic rings. The third-order valence-electron chi connectivity index (χ3n) is 0.292. The molecule has 9 heavy (non-hydrogen) atoms. The van der Waals surface area contributed by atoms with E-state index >= 15 is 0 Å². The zero-order valence-electron chi connectivity index (χ0n) is 3.64. The van der Waals surface area contributed by atoms with E-state index in [-0.39, 0.29) is 16.8 Å². The van der Waals surface area contributed by atoms with Gasteiger partial charge in [0.05, 0.1) is 0 Å². The number of rotatable bonds is 0. The Morgan fingerprint density at radius 2 is 1.33 bits per heavy atom. The van der Waals surface area contributed by atoms with Crippen molar-refractivity contribution in [2.45, 2.75) is 5.51 Å². The maximum Gasteiger partial charge on any atom is 3.00 e. The van der Waals surface area contributed by atoms with Gasteiger partial charge in [0.2, 0.25) is 0 Å². The van der Waals surface area contributed by atoms with Gasteiger partial charge in [-0.15, -0.1) is 0 Å². The number of hydrogen-bond acceptors (Lipinski definition) is 2. The largest absolute Gasteiger partial charge is 3.00 e. The average Bonchev–Trinajstić information content (AvgIpc) is 1.25. The van der Waals surface area contributed by atoms with Gasteiger partial charge in [0.25, 0.3) is 0 Å². The standard InChI is InChI=1S/CHF3O3S.Co/c2-1(3,4)8(5,6)7;/h(H,5,6,7);/q;+3. The van der Waals surface area contributed by atoms with Gasteiger partial charge in [0, 0.05) is 0 Å². The van der Waals surface area contributed by atoms with Crippen molar-refractivity contribution in [3.63, 3.8) is 0 Å². The van der Waals surface area contributed by atoms with Gasteiger partial charge in [-0.1, -0.05) is 0 Å². The molecule has 0 aliphatic heterocycles. The second kappa shape index (κ2) is 2.86. The van der Waals surface area contributed by atoms with Crippen molar-refractivity contribution in [2.24, 2.45) is 0 Å². The molecular formula is CHCoF3O3S+3. The van der Waals surface area contributed by atoms with Crippen LogP contribution in [-0.4, -0.2) is 18.5 Å². The molecule has 56 valence electrons. The van der Waals surface area contributed by atoms with E-state index in [0.717, 1.165) is 0 Å². The third kappa shape index (κ3) is 3.73. The van der Waals surface area contributed by atoms with Gasteiger partial charge in [0.1, 0.15) is 0 Å². The van der Waals surface area contributed by atoms with Crippen LogP contribution in [0.4, 0.5) is 13.2 Å². The van der Waals surface area contributed by atoms with E-state index in [9.17, 15) is 13.2 Å². The topological polar surface area (TPSA) is 54.4 Å². The fourth-order valence-corrected chi connectivity index (χ4v) is 0. The summed E-state index contributed by atoms with van der Waals surface area (Å²) >= 11 is 0. The Hall–Kier alpha value is 0.206. The van der Waals surface area contributed by atoms with Crippen LogP contribution >= 0.6 is 0 Å². The normalized spacial score (nSPS) is 12.4. The minimum Gasteiger partial charge on any atom is -0.279 e. The quantitative estimate of drug-likeness (QED) is 0.463. The minimum atomic E-state index is -5.84. The molecule has 0 amide bonds. The summed E-state index contributed by atoms with van der Waals surface area (Å²) in [5.41, 5.74) is -5.53. The van der Waals surface area contributed by atoms with E-state index in [4.69, 9.17) is 13.0 Å². The summed E-state index contributed by atoms with van der Waals surface area (Å²) < 4.78 is 57.5. The zero-order valence-corrected chi connectivity index (χ0v) is 5.50. The van der Waals surface area contributed by atoms with Crippen LogP contribution in [0.5, 0.6) is 0 Å². The molecule has 8 heteroatoms. The van der Waals surface area contributed by atoms with Crippen molar-refractivity contribution in [3.8, 4) is 0 Å². The molecule has 0 heterocycles. The predicted molar refractivity (Wildman–Crippen MR) is 17.6 cm³/mol. The van der Waals surface area contributed by atoms with E-state index in [1.54, 1.807) is 0 Å². The molecule has 0 aromatic rings. The summed E-state index contributed by atoms with van der Waals surface area (Å²) in [5, 5.41) is 0. The summed E-state index contributed by atoms with van der Waals surface area (Å²) in [6, 6.07) is 0. The zero-order chi connectivity index (χ0) is 7.00. The fraction of sp³-hybridized carbons (Fsp3) is 1.00. The van der Waals surface area contributed by atoms with Crippen LogP contribution in [-0.2, 0) is 26.9 Å². The van der Waals surface area contributed by atoms with Gasteiger partial charge < -0.3 is 0 Å². The molecule has 0 fully saturated rings. The van der Waals surface area contributed by atoms with Crippen LogP contribution in [0.15, 0.2) is 0 Å². The molecular weight excluding hydrogens is 208 g/mol. The summed E-state index contributed by atoms with van der Waals surface area (Å²) in [4.78, 5) is 0. The van der Waals surface area contributed by atoms with E-state index < -0.39 is 15.6 Å². The minimum absolute atomic E-state index is 0. The number of halogens is 3. The van der Waals surface area contributed by atoms with Crippen LogP contribution < -0.4 is 0 Å². The van der Waals surface area contributed by atoms with Crippen molar-refractivity contribution in [2.75, 3.05) is 0 Å². The Balaban J connectivity index is 0. The Morgan fingerprint density at radius 1 is 1.22 bits per heavy atom. The van der Waals surface area contributed by atoms with Gasteiger partial charge in [-0.05, 0) is 0 Å². The summed E-state index contributed by atoms with van der Waals surface area (Å²) in [5.74, 6) is 0. The monoisotopic (exact) mass is 209 g/mol. The summed E-state index contributed by atoms with van der Waals surface area (Å²) in [6.07, 6.45) is 0. The first kappa shape index (κ1) is 11.9. The maximum atomic E-state index is 10.7. The van der Waals surface area contributed by atoms with E-state index in [1.807, 2.05) is 0 Å². The van der Waals surface area contributed by atoms with E-state index in [2.05, 4.69) is 0 Å². The Kier molecular flexibility index (Phi) is 3.79. The first-order valence-electron chi connectivity index (χ1n) is 1.29. The van der Waals surface area contributed by atoms with Crippen LogP contribution in [0.1, 0.15) is 0 Å². The van der Waals surface area contributed by atoms with Crippen LogP contribution in [0.25, 0.3) is 0 Å².